The van der Waals surface area contributed by atoms with Crippen molar-refractivity contribution in [1.29, 1.82) is 0 Å². The summed E-state index contributed by atoms with van der Waals surface area (Å²) in [5.74, 6) is 0.492. The summed E-state index contributed by atoms with van der Waals surface area (Å²) < 4.78 is 16.2. The van der Waals surface area contributed by atoms with Crippen molar-refractivity contribution < 1.29 is 9.13 Å². The third-order valence-electron chi connectivity index (χ3n) is 0.644. The number of halogens is 2. The second-order valence-electron chi connectivity index (χ2n) is 1.34. The number of rotatable bonds is 5. The lowest BCUT2D eigenvalue weighted by Gasteiger charge is -1.95. The molecule has 0 N–H and O–H groups in total. The summed E-state index contributed by atoms with van der Waals surface area (Å²) in [5.41, 5.74) is 0. The molecule has 0 rings (SSSR count). The average molecular weight is 141 g/mol. The second-order valence-corrected chi connectivity index (χ2v) is 1.72. The number of hydrogen-bond donors (Lipinski definition) is 0. The Hall–Kier alpha value is 0.180. The van der Waals surface area contributed by atoms with Crippen molar-refractivity contribution in [2.45, 2.75) is 6.42 Å². The highest BCUT2D eigenvalue weighted by Gasteiger charge is 1.84. The molecule has 0 aromatic rings. The second kappa shape index (κ2) is 7.18. The largest absolute Gasteiger partial charge is 0.380 e. The zero-order valence-electron chi connectivity index (χ0n) is 4.70. The number of alkyl halides is 2. The molecule has 0 radical (unpaired) electrons. The first-order chi connectivity index (χ1) is 3.91. The van der Waals surface area contributed by atoms with Crippen LogP contribution in [-0.2, 0) is 4.74 Å². The molecule has 1 nitrogen and oxygen atoms in total. The Balaban J connectivity index is 2.53. The van der Waals surface area contributed by atoms with Crippen LogP contribution >= 0.6 is 11.6 Å². The Bertz CT molecular complexity index is 37.4. The van der Waals surface area contributed by atoms with Gasteiger partial charge in [-0.15, -0.1) is 11.6 Å². The van der Waals surface area contributed by atoms with Crippen LogP contribution in [0.5, 0.6) is 0 Å². The monoisotopic (exact) mass is 140 g/mol. The minimum absolute atomic E-state index is 0.303. The summed E-state index contributed by atoms with van der Waals surface area (Å²) in [5, 5.41) is 0. The fourth-order valence-corrected chi connectivity index (χ4v) is 0.422. The Morgan fingerprint density at radius 1 is 1.38 bits per heavy atom. The summed E-state index contributed by atoms with van der Waals surface area (Å²) in [6.45, 7) is 0.715. The van der Waals surface area contributed by atoms with E-state index in [1.165, 1.54) is 0 Å². The third kappa shape index (κ3) is 6.18. The molecule has 0 aromatic heterocycles. The van der Waals surface area contributed by atoms with E-state index in [-0.39, 0.29) is 6.67 Å². The van der Waals surface area contributed by atoms with Crippen molar-refractivity contribution in [3.8, 4) is 0 Å². The minimum atomic E-state index is -0.303. The standard InChI is InChI=1S/C5H10ClFO/c6-2-5-8-4-1-3-7/h1-5H2. The average Bonchev–Trinajstić information content (AvgIpc) is 1.81. The molecule has 0 aromatic carbocycles. The molecule has 3 heteroatoms. The van der Waals surface area contributed by atoms with Gasteiger partial charge in [0.2, 0.25) is 0 Å². The van der Waals surface area contributed by atoms with Crippen LogP contribution in [0.1, 0.15) is 6.42 Å². The quantitative estimate of drug-likeness (QED) is 0.417. The van der Waals surface area contributed by atoms with E-state index in [1.54, 1.807) is 0 Å². The van der Waals surface area contributed by atoms with Gasteiger partial charge in [0.15, 0.2) is 0 Å². The van der Waals surface area contributed by atoms with Crippen LogP contribution in [0.15, 0.2) is 0 Å². The van der Waals surface area contributed by atoms with Crippen LogP contribution in [0.2, 0.25) is 0 Å². The molecular weight excluding hydrogens is 131 g/mol. The van der Waals surface area contributed by atoms with Gasteiger partial charge in [-0.2, -0.15) is 0 Å². The first kappa shape index (κ1) is 8.18. The molecule has 8 heavy (non-hydrogen) atoms. The van der Waals surface area contributed by atoms with E-state index in [0.29, 0.717) is 25.5 Å². The van der Waals surface area contributed by atoms with Gasteiger partial charge < -0.3 is 4.74 Å². The maximum Gasteiger partial charge on any atom is 0.0916 e. The molecule has 0 amide bonds. The van der Waals surface area contributed by atoms with Gasteiger partial charge in [-0.1, -0.05) is 0 Å². The van der Waals surface area contributed by atoms with Crippen molar-refractivity contribution in [3.05, 3.63) is 0 Å². The topological polar surface area (TPSA) is 9.23 Å². The molecule has 0 aliphatic carbocycles. The lowest BCUT2D eigenvalue weighted by Crippen LogP contribution is -1.97. The molecule has 0 aliphatic rings. The van der Waals surface area contributed by atoms with Crippen LogP contribution < -0.4 is 0 Å². The molecule has 0 spiro atoms. The minimum Gasteiger partial charge on any atom is -0.380 e. The fourth-order valence-electron chi connectivity index (χ4n) is 0.313. The molecule has 0 fully saturated rings. The Morgan fingerprint density at radius 2 is 2.12 bits per heavy atom. The molecule has 50 valence electrons. The smallest absolute Gasteiger partial charge is 0.0916 e. The molecule has 0 unspecified atom stereocenters. The highest BCUT2D eigenvalue weighted by atomic mass is 35.5. The lowest BCUT2D eigenvalue weighted by atomic mass is 10.5. The molecule has 0 bridgehead atoms. The highest BCUT2D eigenvalue weighted by Crippen LogP contribution is 1.83. The fraction of sp³-hybridized carbons (Fsp3) is 1.00. The van der Waals surface area contributed by atoms with Crippen LogP contribution in [0.4, 0.5) is 4.39 Å². The number of ether oxygens (including phenoxy) is 1. The van der Waals surface area contributed by atoms with Gasteiger partial charge >= 0.3 is 0 Å². The van der Waals surface area contributed by atoms with Crippen LogP contribution in [0.3, 0.4) is 0 Å². The first-order valence-electron chi connectivity index (χ1n) is 2.61. The predicted octanol–water partition coefficient (Wildman–Crippen LogP) is 1.60. The summed E-state index contributed by atoms with van der Waals surface area (Å²) in [6, 6.07) is 0. The van der Waals surface area contributed by atoms with Gasteiger partial charge in [0, 0.05) is 12.5 Å². The predicted molar refractivity (Wildman–Crippen MR) is 32.1 cm³/mol. The molecular formula is C5H10ClFO. The van der Waals surface area contributed by atoms with Gasteiger partial charge in [-0.25, -0.2) is 0 Å². The van der Waals surface area contributed by atoms with E-state index in [4.69, 9.17) is 16.3 Å². The summed E-state index contributed by atoms with van der Waals surface area (Å²) in [4.78, 5) is 0. The SMILES string of the molecule is FCCCOCCCl. The summed E-state index contributed by atoms with van der Waals surface area (Å²) in [7, 11) is 0. The van der Waals surface area contributed by atoms with Crippen LogP contribution in [-0.4, -0.2) is 25.8 Å². The van der Waals surface area contributed by atoms with Gasteiger partial charge in [0.25, 0.3) is 0 Å². The van der Waals surface area contributed by atoms with Gasteiger partial charge in [0.1, 0.15) is 0 Å². The van der Waals surface area contributed by atoms with Gasteiger partial charge in [-0.3, -0.25) is 4.39 Å². The van der Waals surface area contributed by atoms with E-state index in [2.05, 4.69) is 0 Å². The van der Waals surface area contributed by atoms with Crippen molar-refractivity contribution in [1.82, 2.24) is 0 Å². The molecule has 0 aliphatic heterocycles. The maximum absolute atomic E-state index is 11.3. The van der Waals surface area contributed by atoms with Crippen molar-refractivity contribution in [3.63, 3.8) is 0 Å². The maximum atomic E-state index is 11.3. The summed E-state index contributed by atoms with van der Waals surface area (Å²) in [6.07, 6.45) is 0.483. The molecule has 0 saturated heterocycles. The van der Waals surface area contributed by atoms with Crippen molar-refractivity contribution in [2.24, 2.45) is 0 Å². The zero-order chi connectivity index (χ0) is 6.24. The van der Waals surface area contributed by atoms with Gasteiger partial charge in [0.05, 0.1) is 13.3 Å². The zero-order valence-corrected chi connectivity index (χ0v) is 5.46. The van der Waals surface area contributed by atoms with E-state index < -0.39 is 0 Å². The Morgan fingerprint density at radius 3 is 2.62 bits per heavy atom. The van der Waals surface area contributed by atoms with Gasteiger partial charge in [-0.05, 0) is 6.42 Å². The lowest BCUT2D eigenvalue weighted by molar-refractivity contribution is 0.140. The summed E-state index contributed by atoms with van der Waals surface area (Å²) >= 11 is 5.26. The third-order valence-corrected chi connectivity index (χ3v) is 0.798. The molecule has 0 saturated carbocycles. The van der Waals surface area contributed by atoms with Crippen molar-refractivity contribution >= 4 is 11.6 Å². The number of hydrogen-bond acceptors (Lipinski definition) is 1. The Kier molecular flexibility index (Phi) is 7.34. The normalized spacial score (nSPS) is 9.75. The van der Waals surface area contributed by atoms with E-state index in [0.717, 1.165) is 0 Å². The van der Waals surface area contributed by atoms with E-state index >= 15 is 0 Å². The first-order valence-corrected chi connectivity index (χ1v) is 3.15. The molecule has 0 atom stereocenters. The van der Waals surface area contributed by atoms with Crippen LogP contribution in [0.25, 0.3) is 0 Å². The van der Waals surface area contributed by atoms with Crippen LogP contribution in [0, 0.1) is 0 Å². The van der Waals surface area contributed by atoms with Crippen molar-refractivity contribution in [2.75, 3.05) is 25.8 Å². The highest BCUT2D eigenvalue weighted by molar-refractivity contribution is 6.17. The van der Waals surface area contributed by atoms with E-state index in [1.807, 2.05) is 0 Å². The molecule has 0 heterocycles. The van der Waals surface area contributed by atoms with E-state index in [9.17, 15) is 4.39 Å². The Labute approximate surface area is 53.8 Å².